The number of H-pyrrole nitrogens is 1. The largest absolute Gasteiger partial charge is 0.459 e. The second kappa shape index (κ2) is 11.7. The molecule has 2 heterocycles. The van der Waals surface area contributed by atoms with Gasteiger partial charge in [0.25, 0.3) is 0 Å². The van der Waals surface area contributed by atoms with E-state index in [1.54, 1.807) is 24.5 Å². The van der Waals surface area contributed by atoms with Gasteiger partial charge in [-0.2, -0.15) is 15.4 Å². The van der Waals surface area contributed by atoms with Gasteiger partial charge < -0.3 is 20.7 Å². The fourth-order valence-electron chi connectivity index (χ4n) is 3.06. The minimum Gasteiger partial charge on any atom is -0.459 e. The molecule has 0 aliphatic rings. The zero-order valence-electron chi connectivity index (χ0n) is 18.4. The topological polar surface area (TPSA) is 134 Å². The molecular formula is C22H26FN7O3. The van der Waals surface area contributed by atoms with E-state index in [0.717, 1.165) is 11.4 Å². The first-order chi connectivity index (χ1) is 15.9. The third kappa shape index (κ3) is 7.65. The summed E-state index contributed by atoms with van der Waals surface area (Å²) in [6, 6.07) is 8.41. The van der Waals surface area contributed by atoms with Gasteiger partial charge in [-0.15, -0.1) is 0 Å². The van der Waals surface area contributed by atoms with E-state index in [0.29, 0.717) is 29.9 Å². The lowest BCUT2D eigenvalue weighted by molar-refractivity contribution is -0.146. The van der Waals surface area contributed by atoms with Gasteiger partial charge in [-0.3, -0.25) is 14.6 Å². The standard InChI is InChI=1S/C22H26FN7O3/c1-14(31)25-12-20(33-15(2)32)13-27-17-5-6-21(22(23)7-17)16-3-4-18(26-8-16)9-24-10-19-11-28-30-29-19/h3-8,11,20,24,27H,9-10,12-13H2,1-2H3,(H,25,31)(H,28,29,30)/t20-/m0/s1. The second-order valence-electron chi connectivity index (χ2n) is 7.35. The summed E-state index contributed by atoms with van der Waals surface area (Å²) in [4.78, 5) is 26.8. The highest BCUT2D eigenvalue weighted by Crippen LogP contribution is 2.25. The highest BCUT2D eigenvalue weighted by Gasteiger charge is 2.13. The molecule has 1 aromatic carbocycles. The molecule has 10 nitrogen and oxygen atoms in total. The van der Waals surface area contributed by atoms with Crippen molar-refractivity contribution in [2.24, 2.45) is 0 Å². The maximum Gasteiger partial charge on any atom is 0.303 e. The van der Waals surface area contributed by atoms with Gasteiger partial charge in [0.2, 0.25) is 5.91 Å². The SMILES string of the molecule is CC(=O)NC[C@@H](CNc1ccc(-c2ccc(CNCc3cn[nH]n3)nc2)c(F)c1)OC(C)=O. The van der Waals surface area contributed by atoms with Crippen LogP contribution < -0.4 is 16.0 Å². The summed E-state index contributed by atoms with van der Waals surface area (Å²) in [6.07, 6.45) is 2.69. The summed E-state index contributed by atoms with van der Waals surface area (Å²) in [6.45, 7) is 4.15. The van der Waals surface area contributed by atoms with Crippen LogP contribution in [0.25, 0.3) is 11.1 Å². The van der Waals surface area contributed by atoms with Crippen LogP contribution >= 0.6 is 0 Å². The fraction of sp³-hybridized carbons (Fsp3) is 0.318. The van der Waals surface area contributed by atoms with Gasteiger partial charge in [0.05, 0.1) is 30.7 Å². The van der Waals surface area contributed by atoms with Crippen LogP contribution in [0.3, 0.4) is 0 Å². The Bertz CT molecular complexity index is 1060. The molecule has 3 aromatic rings. The zero-order chi connectivity index (χ0) is 23.6. The van der Waals surface area contributed by atoms with Crippen molar-refractivity contribution in [2.75, 3.05) is 18.4 Å². The molecule has 1 atom stereocenters. The summed E-state index contributed by atoms with van der Waals surface area (Å²) < 4.78 is 19.9. The number of anilines is 1. The lowest BCUT2D eigenvalue weighted by atomic mass is 10.1. The summed E-state index contributed by atoms with van der Waals surface area (Å²) in [5.41, 5.74) is 3.22. The average molecular weight is 455 g/mol. The molecule has 0 bridgehead atoms. The van der Waals surface area contributed by atoms with Crippen LogP contribution in [-0.2, 0) is 27.4 Å². The number of pyridine rings is 1. The predicted octanol–water partition coefficient (Wildman–Crippen LogP) is 1.78. The van der Waals surface area contributed by atoms with E-state index in [2.05, 4.69) is 36.3 Å². The molecule has 0 unspecified atom stereocenters. The average Bonchev–Trinajstić information content (AvgIpc) is 3.29. The van der Waals surface area contributed by atoms with Gasteiger partial charge >= 0.3 is 5.97 Å². The van der Waals surface area contributed by atoms with E-state index in [9.17, 15) is 14.0 Å². The van der Waals surface area contributed by atoms with Crippen LogP contribution in [0.4, 0.5) is 10.1 Å². The maximum absolute atomic E-state index is 14.7. The van der Waals surface area contributed by atoms with E-state index in [4.69, 9.17) is 4.74 Å². The number of benzene rings is 1. The van der Waals surface area contributed by atoms with Crippen molar-refractivity contribution >= 4 is 17.6 Å². The lowest BCUT2D eigenvalue weighted by Crippen LogP contribution is -2.37. The zero-order valence-corrected chi connectivity index (χ0v) is 18.4. The molecular weight excluding hydrogens is 429 g/mol. The smallest absolute Gasteiger partial charge is 0.303 e. The van der Waals surface area contributed by atoms with Gasteiger partial charge in [-0.25, -0.2) is 4.39 Å². The first kappa shape index (κ1) is 23.8. The number of aromatic nitrogens is 4. The normalized spacial score (nSPS) is 11.6. The van der Waals surface area contributed by atoms with Crippen molar-refractivity contribution in [1.82, 2.24) is 31.0 Å². The van der Waals surface area contributed by atoms with Crippen LogP contribution in [0.2, 0.25) is 0 Å². The number of ether oxygens (including phenoxy) is 1. The number of rotatable bonds is 11. The number of nitrogens with zero attached hydrogens (tertiary/aromatic N) is 3. The summed E-state index contributed by atoms with van der Waals surface area (Å²) in [5, 5.41) is 19.1. The Balaban J connectivity index is 1.56. The quantitative estimate of drug-likeness (QED) is 0.322. The number of halogens is 1. The first-order valence-corrected chi connectivity index (χ1v) is 10.4. The fourth-order valence-corrected chi connectivity index (χ4v) is 3.06. The van der Waals surface area contributed by atoms with E-state index in [1.807, 2.05) is 12.1 Å². The van der Waals surface area contributed by atoms with E-state index in [1.165, 1.54) is 19.9 Å². The van der Waals surface area contributed by atoms with Gasteiger partial charge in [-0.05, 0) is 24.3 Å². The monoisotopic (exact) mass is 455 g/mol. The molecule has 3 rings (SSSR count). The van der Waals surface area contributed by atoms with Crippen molar-refractivity contribution in [2.45, 2.75) is 33.0 Å². The molecule has 0 aliphatic carbocycles. The Morgan fingerprint density at radius 1 is 1.09 bits per heavy atom. The van der Waals surface area contributed by atoms with E-state index >= 15 is 0 Å². The minimum atomic E-state index is -0.580. The van der Waals surface area contributed by atoms with Crippen LogP contribution in [0, 0.1) is 5.82 Å². The second-order valence-corrected chi connectivity index (χ2v) is 7.35. The number of hydrogen-bond acceptors (Lipinski definition) is 8. The number of carbonyl (C=O) groups is 2. The summed E-state index contributed by atoms with van der Waals surface area (Å²) >= 11 is 0. The number of esters is 1. The van der Waals surface area contributed by atoms with Crippen molar-refractivity contribution in [3.05, 3.63) is 59.9 Å². The molecule has 1 amide bonds. The molecule has 174 valence electrons. The molecule has 0 aliphatic heterocycles. The number of aromatic amines is 1. The Hall–Kier alpha value is -3.86. The first-order valence-electron chi connectivity index (χ1n) is 10.4. The van der Waals surface area contributed by atoms with Crippen molar-refractivity contribution in [1.29, 1.82) is 0 Å². The van der Waals surface area contributed by atoms with E-state index in [-0.39, 0.29) is 19.0 Å². The molecule has 0 spiro atoms. The number of amides is 1. The summed E-state index contributed by atoms with van der Waals surface area (Å²) in [7, 11) is 0. The van der Waals surface area contributed by atoms with Crippen LogP contribution in [0.15, 0.2) is 42.7 Å². The van der Waals surface area contributed by atoms with E-state index < -0.39 is 17.9 Å². The maximum atomic E-state index is 14.7. The van der Waals surface area contributed by atoms with Crippen LogP contribution in [-0.4, -0.2) is 51.5 Å². The molecule has 0 fully saturated rings. The van der Waals surface area contributed by atoms with Crippen molar-refractivity contribution < 1.29 is 18.7 Å². The molecule has 2 aromatic heterocycles. The van der Waals surface area contributed by atoms with Crippen LogP contribution in [0.1, 0.15) is 25.2 Å². The Morgan fingerprint density at radius 3 is 2.55 bits per heavy atom. The predicted molar refractivity (Wildman–Crippen MR) is 119 cm³/mol. The van der Waals surface area contributed by atoms with Gasteiger partial charge in [0, 0.05) is 49.9 Å². The van der Waals surface area contributed by atoms with Crippen molar-refractivity contribution in [3.63, 3.8) is 0 Å². The van der Waals surface area contributed by atoms with Gasteiger partial charge in [-0.1, -0.05) is 6.07 Å². The third-order valence-electron chi connectivity index (χ3n) is 4.63. The third-order valence-corrected chi connectivity index (χ3v) is 4.63. The lowest BCUT2D eigenvalue weighted by Gasteiger charge is -2.18. The Kier molecular flexibility index (Phi) is 8.42. The van der Waals surface area contributed by atoms with Gasteiger partial charge in [0.1, 0.15) is 11.9 Å². The van der Waals surface area contributed by atoms with Crippen molar-refractivity contribution in [3.8, 4) is 11.1 Å². The van der Waals surface area contributed by atoms with Gasteiger partial charge in [0.15, 0.2) is 0 Å². The molecule has 0 saturated heterocycles. The number of carbonyl (C=O) groups excluding carboxylic acids is 2. The number of hydrogen-bond donors (Lipinski definition) is 4. The highest BCUT2D eigenvalue weighted by molar-refractivity contribution is 5.73. The molecule has 0 saturated carbocycles. The Labute approximate surface area is 190 Å². The molecule has 4 N–H and O–H groups in total. The Morgan fingerprint density at radius 2 is 1.91 bits per heavy atom. The minimum absolute atomic E-state index is 0.161. The number of nitrogens with one attached hydrogen (secondary N) is 4. The summed E-state index contributed by atoms with van der Waals surface area (Å²) in [5.74, 6) is -1.10. The van der Waals surface area contributed by atoms with Crippen LogP contribution in [0.5, 0.6) is 0 Å². The molecule has 33 heavy (non-hydrogen) atoms. The molecule has 0 radical (unpaired) electrons. The molecule has 11 heteroatoms. The highest BCUT2D eigenvalue weighted by atomic mass is 19.1.